The predicted molar refractivity (Wildman–Crippen MR) is 71.5 cm³/mol. The molecule has 1 aromatic carbocycles. The number of fused-ring (bicyclic) bond motifs is 1. The first-order valence-corrected chi connectivity index (χ1v) is 6.06. The molecule has 2 rings (SSSR count). The second kappa shape index (κ2) is 5.64. The maximum Gasteiger partial charge on any atom is 0.326 e. The second-order valence-electron chi connectivity index (χ2n) is 4.41. The van der Waals surface area contributed by atoms with Gasteiger partial charge in [-0.25, -0.2) is 4.79 Å². The summed E-state index contributed by atoms with van der Waals surface area (Å²) in [6.45, 7) is 1.65. The summed E-state index contributed by atoms with van der Waals surface area (Å²) in [4.78, 5) is 23.8. The third-order valence-corrected chi connectivity index (χ3v) is 3.10. The van der Waals surface area contributed by atoms with Crippen molar-refractivity contribution in [1.29, 1.82) is 0 Å². The van der Waals surface area contributed by atoms with E-state index in [4.69, 9.17) is 14.6 Å². The zero-order valence-electron chi connectivity index (χ0n) is 11.2. The van der Waals surface area contributed by atoms with Crippen LogP contribution in [0, 0.1) is 0 Å². The number of carboxylic acid groups (broad SMARTS) is 1. The van der Waals surface area contributed by atoms with Gasteiger partial charge in [-0.3, -0.25) is 4.79 Å². The lowest BCUT2D eigenvalue weighted by Gasteiger charge is -2.19. The summed E-state index contributed by atoms with van der Waals surface area (Å²) in [5.41, 5.74) is 0.777. The van der Waals surface area contributed by atoms with E-state index in [1.165, 1.54) is 20.0 Å². The van der Waals surface area contributed by atoms with Crippen molar-refractivity contribution in [2.45, 2.75) is 13.0 Å². The lowest BCUT2D eigenvalue weighted by Crippen LogP contribution is -2.39. The molecule has 1 heterocycles. The number of benzene rings is 1. The third kappa shape index (κ3) is 2.90. The van der Waals surface area contributed by atoms with Gasteiger partial charge in [-0.1, -0.05) is 6.07 Å². The number of amides is 1. The van der Waals surface area contributed by atoms with Crippen LogP contribution in [0.4, 0.5) is 0 Å². The van der Waals surface area contributed by atoms with E-state index in [9.17, 15) is 9.59 Å². The Morgan fingerprint density at radius 2 is 2.05 bits per heavy atom. The smallest absolute Gasteiger partial charge is 0.326 e. The minimum absolute atomic E-state index is 0.195. The molecule has 1 atom stereocenters. The highest BCUT2D eigenvalue weighted by Crippen LogP contribution is 2.32. The van der Waals surface area contributed by atoms with E-state index in [1.54, 1.807) is 24.3 Å². The molecule has 1 amide bonds. The Bertz CT molecular complexity index is 567. The summed E-state index contributed by atoms with van der Waals surface area (Å²) in [6, 6.07) is 4.43. The van der Waals surface area contributed by atoms with Crippen molar-refractivity contribution < 1.29 is 24.2 Å². The van der Waals surface area contributed by atoms with E-state index in [1.807, 2.05) is 0 Å². The number of aliphatic carboxylic acids is 1. The fourth-order valence-corrected chi connectivity index (χ4v) is 1.66. The minimum atomic E-state index is -1.04. The van der Waals surface area contributed by atoms with Crippen molar-refractivity contribution in [3.8, 4) is 11.5 Å². The Hall–Kier alpha value is -2.50. The number of rotatable bonds is 4. The molecule has 0 saturated heterocycles. The summed E-state index contributed by atoms with van der Waals surface area (Å²) < 4.78 is 10.4. The Morgan fingerprint density at radius 1 is 1.35 bits per heavy atom. The summed E-state index contributed by atoms with van der Waals surface area (Å²) in [5, 5.41) is 8.84. The average Bonchev–Trinajstić information content (AvgIpc) is 2.90. The van der Waals surface area contributed by atoms with Crippen molar-refractivity contribution in [1.82, 2.24) is 4.90 Å². The molecule has 0 aromatic heterocycles. The van der Waals surface area contributed by atoms with E-state index in [0.29, 0.717) is 11.5 Å². The van der Waals surface area contributed by atoms with Crippen LogP contribution in [0.25, 0.3) is 6.08 Å². The van der Waals surface area contributed by atoms with Gasteiger partial charge in [-0.2, -0.15) is 0 Å². The fourth-order valence-electron chi connectivity index (χ4n) is 1.66. The van der Waals surface area contributed by atoms with E-state index < -0.39 is 12.0 Å². The van der Waals surface area contributed by atoms with Crippen molar-refractivity contribution >= 4 is 18.0 Å². The van der Waals surface area contributed by atoms with Crippen LogP contribution >= 0.6 is 0 Å². The molecule has 0 aliphatic carbocycles. The minimum Gasteiger partial charge on any atom is -0.480 e. The predicted octanol–water partition coefficient (Wildman–Crippen LogP) is 1.36. The fraction of sp³-hybridized carbons (Fsp3) is 0.286. The number of hydrogen-bond acceptors (Lipinski definition) is 4. The van der Waals surface area contributed by atoms with Gasteiger partial charge in [0, 0.05) is 13.1 Å². The van der Waals surface area contributed by atoms with Crippen LogP contribution in [0.2, 0.25) is 0 Å². The van der Waals surface area contributed by atoms with Crippen molar-refractivity contribution in [3.63, 3.8) is 0 Å². The van der Waals surface area contributed by atoms with Gasteiger partial charge >= 0.3 is 5.97 Å². The van der Waals surface area contributed by atoms with Gasteiger partial charge in [0.15, 0.2) is 11.5 Å². The van der Waals surface area contributed by atoms with Crippen molar-refractivity contribution in [2.75, 3.05) is 13.8 Å². The molecule has 106 valence electrons. The highest BCUT2D eigenvalue weighted by molar-refractivity contribution is 5.94. The maximum absolute atomic E-state index is 11.8. The molecule has 0 radical (unpaired) electrons. The van der Waals surface area contributed by atoms with Gasteiger partial charge in [0.2, 0.25) is 12.7 Å². The Labute approximate surface area is 116 Å². The molecule has 1 aliphatic rings. The van der Waals surface area contributed by atoms with Crippen LogP contribution in [-0.4, -0.2) is 41.8 Å². The highest BCUT2D eigenvalue weighted by atomic mass is 16.7. The largest absolute Gasteiger partial charge is 0.480 e. The third-order valence-electron chi connectivity index (χ3n) is 3.10. The number of likely N-dealkylation sites (N-methyl/N-ethyl adjacent to an activating group) is 1. The SMILES string of the molecule is C[C@@H](C(=O)O)N(C)C(=O)/C=C/c1ccc2c(c1)OCO2. The van der Waals surface area contributed by atoms with Crippen LogP contribution in [0.3, 0.4) is 0 Å². The molecule has 1 aromatic rings. The van der Waals surface area contributed by atoms with Gasteiger partial charge in [0.1, 0.15) is 6.04 Å². The molecule has 1 N–H and O–H groups in total. The van der Waals surface area contributed by atoms with Gasteiger partial charge in [-0.05, 0) is 30.7 Å². The first kappa shape index (κ1) is 13.9. The topological polar surface area (TPSA) is 76.1 Å². The number of hydrogen-bond donors (Lipinski definition) is 1. The lowest BCUT2D eigenvalue weighted by molar-refractivity contribution is -0.146. The van der Waals surface area contributed by atoms with E-state index >= 15 is 0 Å². The molecule has 0 spiro atoms. The molecule has 1 aliphatic heterocycles. The van der Waals surface area contributed by atoms with Crippen LogP contribution < -0.4 is 9.47 Å². The standard InChI is InChI=1S/C14H15NO5/c1-9(14(17)18)15(2)13(16)6-4-10-3-5-11-12(7-10)20-8-19-11/h3-7,9H,8H2,1-2H3,(H,17,18)/b6-4+/t9-/m0/s1. The molecule has 0 bridgehead atoms. The number of carbonyl (C=O) groups excluding carboxylic acids is 1. The summed E-state index contributed by atoms with van der Waals surface area (Å²) in [6.07, 6.45) is 2.94. The van der Waals surface area contributed by atoms with E-state index in [2.05, 4.69) is 0 Å². The molecule has 6 heteroatoms. The Morgan fingerprint density at radius 3 is 2.75 bits per heavy atom. The first-order chi connectivity index (χ1) is 9.49. The highest BCUT2D eigenvalue weighted by Gasteiger charge is 2.19. The lowest BCUT2D eigenvalue weighted by atomic mass is 10.2. The van der Waals surface area contributed by atoms with Crippen molar-refractivity contribution in [3.05, 3.63) is 29.8 Å². The van der Waals surface area contributed by atoms with Gasteiger partial charge in [-0.15, -0.1) is 0 Å². The van der Waals surface area contributed by atoms with Crippen LogP contribution in [0.5, 0.6) is 11.5 Å². The normalized spacial score (nSPS) is 14.3. The van der Waals surface area contributed by atoms with Gasteiger partial charge < -0.3 is 19.5 Å². The zero-order valence-corrected chi connectivity index (χ0v) is 11.2. The summed E-state index contributed by atoms with van der Waals surface area (Å²) >= 11 is 0. The number of nitrogens with zero attached hydrogens (tertiary/aromatic N) is 1. The molecular weight excluding hydrogens is 262 g/mol. The van der Waals surface area contributed by atoms with Crippen LogP contribution in [-0.2, 0) is 9.59 Å². The molecule has 0 saturated carbocycles. The number of carboxylic acids is 1. The van der Waals surface area contributed by atoms with Crippen LogP contribution in [0.1, 0.15) is 12.5 Å². The molecule has 6 nitrogen and oxygen atoms in total. The number of ether oxygens (including phenoxy) is 2. The van der Waals surface area contributed by atoms with Crippen LogP contribution in [0.15, 0.2) is 24.3 Å². The monoisotopic (exact) mass is 277 g/mol. The first-order valence-electron chi connectivity index (χ1n) is 6.06. The van der Waals surface area contributed by atoms with E-state index in [-0.39, 0.29) is 12.7 Å². The number of carbonyl (C=O) groups is 2. The zero-order chi connectivity index (χ0) is 14.7. The summed E-state index contributed by atoms with van der Waals surface area (Å²) in [7, 11) is 1.45. The average molecular weight is 277 g/mol. The van der Waals surface area contributed by atoms with E-state index in [0.717, 1.165) is 10.5 Å². The Balaban J connectivity index is 2.05. The summed E-state index contributed by atoms with van der Waals surface area (Å²) in [5.74, 6) is -0.119. The molecular formula is C14H15NO5. The molecule has 20 heavy (non-hydrogen) atoms. The molecule has 0 fully saturated rings. The second-order valence-corrected chi connectivity index (χ2v) is 4.41. The maximum atomic E-state index is 11.8. The van der Waals surface area contributed by atoms with Gasteiger partial charge in [0.05, 0.1) is 0 Å². The van der Waals surface area contributed by atoms with Gasteiger partial charge in [0.25, 0.3) is 0 Å². The quantitative estimate of drug-likeness (QED) is 0.841. The van der Waals surface area contributed by atoms with Crippen molar-refractivity contribution in [2.24, 2.45) is 0 Å². The molecule has 0 unspecified atom stereocenters. The Kier molecular flexibility index (Phi) is 3.93.